The minimum Gasteiger partial charge on any atom is -0.507 e. The summed E-state index contributed by atoms with van der Waals surface area (Å²) in [6.07, 6.45) is 7.80. The molecule has 1 aromatic rings. The van der Waals surface area contributed by atoms with Crippen LogP contribution in [0, 0.1) is 0 Å². The molecule has 2 aliphatic rings. The smallest absolute Gasteiger partial charge is 0.127 e. The summed E-state index contributed by atoms with van der Waals surface area (Å²) in [4.78, 5) is 0. The van der Waals surface area contributed by atoms with Crippen LogP contribution in [0.5, 0.6) is 11.5 Å². The van der Waals surface area contributed by atoms with Crippen LogP contribution < -0.4 is 4.74 Å². The van der Waals surface area contributed by atoms with Crippen molar-refractivity contribution in [3.63, 3.8) is 0 Å². The highest BCUT2D eigenvalue weighted by Crippen LogP contribution is 2.54. The summed E-state index contributed by atoms with van der Waals surface area (Å²) in [6, 6.07) is 4.15. The third-order valence-corrected chi connectivity index (χ3v) is 5.58. The van der Waals surface area contributed by atoms with E-state index in [1.807, 2.05) is 6.07 Å². The highest BCUT2D eigenvalue weighted by Gasteiger charge is 2.44. The fourth-order valence-corrected chi connectivity index (χ4v) is 4.29. The maximum atomic E-state index is 10.7. The van der Waals surface area contributed by atoms with Gasteiger partial charge in [-0.1, -0.05) is 30.9 Å². The molecule has 3 rings (SSSR count). The topological polar surface area (TPSA) is 29.5 Å². The van der Waals surface area contributed by atoms with E-state index in [1.165, 1.54) is 36.0 Å². The summed E-state index contributed by atoms with van der Waals surface area (Å²) in [5.74, 6) is 1.68. The lowest BCUT2D eigenvalue weighted by Gasteiger charge is -2.46. The molecule has 126 valence electrons. The Morgan fingerprint density at radius 2 is 2.09 bits per heavy atom. The Kier molecular flexibility index (Phi) is 4.44. The molecular weight excluding hydrogens is 284 g/mol. The lowest BCUT2D eigenvalue weighted by atomic mass is 9.69. The number of hydrogen-bond acceptors (Lipinski definition) is 2. The number of allylic oxidation sites excluding steroid dienone is 2. The number of phenols is 1. The number of aromatic hydroxyl groups is 1. The van der Waals surface area contributed by atoms with Crippen molar-refractivity contribution < 1.29 is 9.84 Å². The van der Waals surface area contributed by atoms with E-state index in [2.05, 4.69) is 33.8 Å². The van der Waals surface area contributed by atoms with E-state index in [0.717, 1.165) is 37.0 Å². The second-order valence-electron chi connectivity index (χ2n) is 7.82. The van der Waals surface area contributed by atoms with Gasteiger partial charge in [-0.15, -0.1) is 0 Å². The third-order valence-electron chi connectivity index (χ3n) is 5.58. The summed E-state index contributed by atoms with van der Waals surface area (Å²) >= 11 is 0. The van der Waals surface area contributed by atoms with Crippen LogP contribution in [0.3, 0.4) is 0 Å². The molecule has 1 N–H and O–H groups in total. The Morgan fingerprint density at radius 3 is 2.78 bits per heavy atom. The van der Waals surface area contributed by atoms with Crippen molar-refractivity contribution >= 4 is 0 Å². The number of rotatable bonds is 4. The van der Waals surface area contributed by atoms with Gasteiger partial charge < -0.3 is 9.84 Å². The first kappa shape index (κ1) is 16.4. The van der Waals surface area contributed by atoms with E-state index in [0.29, 0.717) is 11.7 Å². The van der Waals surface area contributed by atoms with Crippen molar-refractivity contribution in [1.82, 2.24) is 0 Å². The Labute approximate surface area is 140 Å². The minimum atomic E-state index is -0.0783. The molecule has 2 bridgehead atoms. The van der Waals surface area contributed by atoms with Gasteiger partial charge in [0.15, 0.2) is 0 Å². The summed E-state index contributed by atoms with van der Waals surface area (Å²) in [6.45, 7) is 8.84. The van der Waals surface area contributed by atoms with Crippen LogP contribution in [-0.2, 0) is 6.42 Å². The second kappa shape index (κ2) is 6.22. The standard InChI is InChI=1S/C21H30O2/c1-5-6-7-8-15-11-18(22)20-17-13-21(4,23-19(20)12-15)10-9-16(17)14(2)3/h11-12,17,22H,5-10,13H2,1-4H3. The average Bonchev–Trinajstić information content (AvgIpc) is 2.46. The Hall–Kier alpha value is -1.44. The SMILES string of the molecule is CCCCCc1cc(O)c2c(c1)OC1(C)CCC(=C(C)C)C2C1. The molecule has 1 aliphatic heterocycles. The predicted molar refractivity (Wildman–Crippen MR) is 95.3 cm³/mol. The first-order valence-corrected chi connectivity index (χ1v) is 9.14. The number of aryl methyl sites for hydroxylation is 1. The zero-order chi connectivity index (χ0) is 16.6. The molecule has 2 atom stereocenters. The van der Waals surface area contributed by atoms with Crippen LogP contribution in [0.1, 0.15) is 83.3 Å². The van der Waals surface area contributed by atoms with E-state index in [-0.39, 0.29) is 5.60 Å². The van der Waals surface area contributed by atoms with Gasteiger partial charge in [0, 0.05) is 11.5 Å². The van der Waals surface area contributed by atoms with Gasteiger partial charge in [-0.25, -0.2) is 0 Å². The monoisotopic (exact) mass is 314 g/mol. The Bertz CT molecular complexity index is 625. The van der Waals surface area contributed by atoms with Crippen LogP contribution in [0.15, 0.2) is 23.3 Å². The van der Waals surface area contributed by atoms with E-state index < -0.39 is 0 Å². The predicted octanol–water partition coefficient (Wildman–Crippen LogP) is 5.88. The van der Waals surface area contributed by atoms with Gasteiger partial charge in [0.2, 0.25) is 0 Å². The molecule has 1 aromatic carbocycles. The fraction of sp³-hybridized carbons (Fsp3) is 0.619. The number of phenolic OH excluding ortho intramolecular Hbond substituents is 1. The maximum Gasteiger partial charge on any atom is 0.127 e. The van der Waals surface area contributed by atoms with Gasteiger partial charge in [-0.05, 0) is 70.6 Å². The molecule has 1 aliphatic carbocycles. The molecule has 0 spiro atoms. The third kappa shape index (κ3) is 3.13. The largest absolute Gasteiger partial charge is 0.507 e. The van der Waals surface area contributed by atoms with Gasteiger partial charge in [0.25, 0.3) is 0 Å². The van der Waals surface area contributed by atoms with Gasteiger partial charge in [0.05, 0.1) is 0 Å². The van der Waals surface area contributed by atoms with Crippen molar-refractivity contribution in [2.24, 2.45) is 0 Å². The number of hydrogen-bond donors (Lipinski definition) is 1. The van der Waals surface area contributed by atoms with Gasteiger partial charge >= 0.3 is 0 Å². The normalized spacial score (nSPS) is 25.7. The van der Waals surface area contributed by atoms with Crippen molar-refractivity contribution in [2.75, 3.05) is 0 Å². The highest BCUT2D eigenvalue weighted by molar-refractivity contribution is 5.55. The van der Waals surface area contributed by atoms with E-state index in [4.69, 9.17) is 4.74 Å². The Balaban J connectivity index is 1.99. The van der Waals surface area contributed by atoms with Crippen LogP contribution in [0.4, 0.5) is 0 Å². The van der Waals surface area contributed by atoms with Crippen LogP contribution in [0.25, 0.3) is 0 Å². The maximum absolute atomic E-state index is 10.7. The van der Waals surface area contributed by atoms with E-state index >= 15 is 0 Å². The molecular formula is C21H30O2. The molecule has 1 heterocycles. The number of benzene rings is 1. The van der Waals surface area contributed by atoms with Gasteiger partial charge in [-0.3, -0.25) is 0 Å². The van der Waals surface area contributed by atoms with Gasteiger partial charge in [-0.2, -0.15) is 0 Å². The first-order chi connectivity index (χ1) is 10.9. The molecule has 0 radical (unpaired) electrons. The quantitative estimate of drug-likeness (QED) is 0.555. The van der Waals surface area contributed by atoms with E-state index in [1.54, 1.807) is 0 Å². The molecule has 1 fully saturated rings. The van der Waals surface area contributed by atoms with Crippen molar-refractivity contribution in [3.05, 3.63) is 34.4 Å². The van der Waals surface area contributed by atoms with E-state index in [9.17, 15) is 5.11 Å². The van der Waals surface area contributed by atoms with Crippen molar-refractivity contribution in [2.45, 2.75) is 84.2 Å². The van der Waals surface area contributed by atoms with Crippen LogP contribution >= 0.6 is 0 Å². The van der Waals surface area contributed by atoms with Crippen molar-refractivity contribution in [3.8, 4) is 11.5 Å². The minimum absolute atomic E-state index is 0.0783. The fourth-order valence-electron chi connectivity index (χ4n) is 4.29. The molecule has 0 amide bonds. The lowest BCUT2D eigenvalue weighted by Crippen LogP contribution is -2.42. The summed E-state index contributed by atoms with van der Waals surface area (Å²) in [7, 11) is 0. The average molecular weight is 314 g/mol. The molecule has 2 heteroatoms. The number of fused-ring (bicyclic) bond motifs is 4. The van der Waals surface area contributed by atoms with Gasteiger partial charge in [0.1, 0.15) is 17.1 Å². The molecule has 1 saturated carbocycles. The van der Waals surface area contributed by atoms with Crippen molar-refractivity contribution in [1.29, 1.82) is 0 Å². The highest BCUT2D eigenvalue weighted by atomic mass is 16.5. The number of ether oxygens (including phenoxy) is 1. The molecule has 0 saturated heterocycles. The van der Waals surface area contributed by atoms with Crippen LogP contribution in [0.2, 0.25) is 0 Å². The molecule has 2 nitrogen and oxygen atoms in total. The summed E-state index contributed by atoms with van der Waals surface area (Å²) in [5, 5.41) is 10.7. The first-order valence-electron chi connectivity index (χ1n) is 9.14. The number of unbranched alkanes of at least 4 members (excludes halogenated alkanes) is 2. The summed E-state index contributed by atoms with van der Waals surface area (Å²) in [5.41, 5.74) is 5.05. The Morgan fingerprint density at radius 1 is 1.30 bits per heavy atom. The lowest BCUT2D eigenvalue weighted by molar-refractivity contribution is 0.0346. The molecule has 0 aromatic heterocycles. The summed E-state index contributed by atoms with van der Waals surface area (Å²) < 4.78 is 6.36. The van der Waals surface area contributed by atoms with Crippen LogP contribution in [-0.4, -0.2) is 10.7 Å². The second-order valence-corrected chi connectivity index (χ2v) is 7.82. The zero-order valence-electron chi connectivity index (χ0n) is 15.0. The molecule has 2 unspecified atom stereocenters. The zero-order valence-corrected chi connectivity index (χ0v) is 15.0. The molecule has 23 heavy (non-hydrogen) atoms.